The van der Waals surface area contributed by atoms with Gasteiger partial charge in [0.25, 0.3) is 0 Å². The molecule has 1 saturated heterocycles. The summed E-state index contributed by atoms with van der Waals surface area (Å²) in [6.45, 7) is 2.05. The second-order valence-corrected chi connectivity index (χ2v) is 5.66. The number of ether oxygens (including phenoxy) is 1. The van der Waals surface area contributed by atoms with E-state index in [-0.39, 0.29) is 11.9 Å². The van der Waals surface area contributed by atoms with Gasteiger partial charge in [-0.2, -0.15) is 0 Å². The summed E-state index contributed by atoms with van der Waals surface area (Å²) < 4.78 is 6.92. The lowest BCUT2D eigenvalue weighted by Crippen LogP contribution is -2.36. The van der Waals surface area contributed by atoms with Crippen LogP contribution in [0.25, 0.3) is 0 Å². The van der Waals surface area contributed by atoms with Crippen LogP contribution in [0.5, 0.6) is 5.75 Å². The fourth-order valence-corrected chi connectivity index (χ4v) is 2.48. The van der Waals surface area contributed by atoms with Crippen molar-refractivity contribution in [3.63, 3.8) is 0 Å². The molecule has 0 spiro atoms. The van der Waals surface area contributed by atoms with Crippen molar-refractivity contribution in [1.29, 1.82) is 0 Å². The number of piperidine rings is 1. The zero-order chi connectivity index (χ0) is 13.8. The number of oxime groups is 1. The van der Waals surface area contributed by atoms with Crippen LogP contribution in [0, 0.1) is 0 Å². The Kier molecular flexibility index (Phi) is 4.66. The summed E-state index contributed by atoms with van der Waals surface area (Å²) in [5, 5.41) is 11.9. The molecule has 6 heteroatoms. The van der Waals surface area contributed by atoms with Gasteiger partial charge in [0.2, 0.25) is 0 Å². The molecule has 0 saturated carbocycles. The minimum absolute atomic E-state index is 0.0652. The maximum atomic E-state index is 8.81. The molecule has 0 aromatic heterocycles. The van der Waals surface area contributed by atoms with E-state index in [4.69, 9.17) is 15.7 Å². The first-order valence-corrected chi connectivity index (χ1v) is 7.02. The molecule has 1 heterocycles. The average Bonchev–Trinajstić information content (AvgIpc) is 2.41. The number of likely N-dealkylation sites (tertiary alicyclic amines) is 1. The number of hydrogen-bond donors (Lipinski definition) is 2. The quantitative estimate of drug-likeness (QED) is 0.385. The normalized spacial score (nSPS) is 18.5. The van der Waals surface area contributed by atoms with E-state index in [9.17, 15) is 0 Å². The lowest BCUT2D eigenvalue weighted by atomic mass is 10.1. The van der Waals surface area contributed by atoms with Crippen LogP contribution in [0.2, 0.25) is 0 Å². The summed E-state index contributed by atoms with van der Waals surface area (Å²) in [5.41, 5.74) is 6.28. The molecule has 0 aliphatic carbocycles. The Balaban J connectivity index is 2.16. The summed E-state index contributed by atoms with van der Waals surface area (Å²) in [4.78, 5) is 2.28. The highest BCUT2D eigenvalue weighted by molar-refractivity contribution is 9.10. The Hall–Kier alpha value is -1.27. The smallest absolute Gasteiger partial charge is 0.173 e. The molecule has 1 fully saturated rings. The Morgan fingerprint density at radius 2 is 2.16 bits per heavy atom. The van der Waals surface area contributed by atoms with Crippen LogP contribution in [0.1, 0.15) is 18.4 Å². The Morgan fingerprint density at radius 3 is 2.79 bits per heavy atom. The highest BCUT2D eigenvalue weighted by atomic mass is 79.9. The van der Waals surface area contributed by atoms with Gasteiger partial charge < -0.3 is 20.6 Å². The van der Waals surface area contributed by atoms with Crippen LogP contribution in [0.15, 0.2) is 27.8 Å². The first-order valence-electron chi connectivity index (χ1n) is 6.23. The monoisotopic (exact) mass is 327 g/mol. The molecule has 1 aliphatic heterocycles. The van der Waals surface area contributed by atoms with Gasteiger partial charge in [-0.15, -0.1) is 0 Å². The maximum absolute atomic E-state index is 8.81. The van der Waals surface area contributed by atoms with Crippen molar-refractivity contribution in [3.05, 3.63) is 28.2 Å². The molecule has 5 nitrogen and oxygen atoms in total. The Morgan fingerprint density at radius 1 is 1.47 bits per heavy atom. The van der Waals surface area contributed by atoms with Gasteiger partial charge in [-0.3, -0.25) is 0 Å². The second kappa shape index (κ2) is 6.25. The van der Waals surface area contributed by atoms with E-state index in [1.807, 2.05) is 12.1 Å². The van der Waals surface area contributed by atoms with Crippen LogP contribution in [0.4, 0.5) is 0 Å². The van der Waals surface area contributed by atoms with Gasteiger partial charge in [-0.25, -0.2) is 0 Å². The number of halogens is 1. The minimum Gasteiger partial charge on any atom is -0.490 e. The third-order valence-corrected chi connectivity index (χ3v) is 3.78. The fraction of sp³-hybridized carbons (Fsp3) is 0.462. The summed E-state index contributed by atoms with van der Waals surface area (Å²) >= 11 is 3.41. The standard InChI is InChI=1S/C13H18BrN3O2/c1-17-6-4-10(5-7-17)19-12-8-9(14)2-3-11(12)13(15)16-18/h2-3,8,10,18H,4-7H2,1H3,(H2,15,16). The molecule has 3 N–H and O–H groups in total. The fourth-order valence-electron chi connectivity index (χ4n) is 2.14. The van der Waals surface area contributed by atoms with E-state index in [2.05, 4.69) is 33.0 Å². The van der Waals surface area contributed by atoms with E-state index in [0.29, 0.717) is 11.3 Å². The average molecular weight is 328 g/mol. The molecule has 1 aromatic rings. The Bertz CT molecular complexity index is 471. The number of nitrogens with zero attached hydrogens (tertiary/aromatic N) is 2. The number of benzene rings is 1. The Labute approximate surface area is 121 Å². The van der Waals surface area contributed by atoms with Crippen molar-refractivity contribution in [2.45, 2.75) is 18.9 Å². The summed E-state index contributed by atoms with van der Waals surface area (Å²) in [6.07, 6.45) is 2.15. The lowest BCUT2D eigenvalue weighted by Gasteiger charge is -2.29. The van der Waals surface area contributed by atoms with Gasteiger partial charge in [-0.05, 0) is 38.1 Å². The molecule has 104 valence electrons. The van der Waals surface area contributed by atoms with Crippen molar-refractivity contribution in [2.24, 2.45) is 10.9 Å². The molecular weight excluding hydrogens is 310 g/mol. The third kappa shape index (κ3) is 3.61. The maximum Gasteiger partial charge on any atom is 0.173 e. The van der Waals surface area contributed by atoms with Crippen LogP contribution in [0.3, 0.4) is 0 Å². The van der Waals surface area contributed by atoms with Crippen molar-refractivity contribution in [3.8, 4) is 5.75 Å². The molecule has 0 amide bonds. The molecule has 0 bridgehead atoms. The van der Waals surface area contributed by atoms with Crippen molar-refractivity contribution >= 4 is 21.8 Å². The van der Waals surface area contributed by atoms with E-state index in [1.165, 1.54) is 0 Å². The largest absolute Gasteiger partial charge is 0.490 e. The molecular formula is C13H18BrN3O2. The second-order valence-electron chi connectivity index (χ2n) is 4.75. The van der Waals surface area contributed by atoms with Gasteiger partial charge in [0.1, 0.15) is 11.9 Å². The molecule has 19 heavy (non-hydrogen) atoms. The molecule has 0 radical (unpaired) electrons. The zero-order valence-electron chi connectivity index (χ0n) is 10.8. The number of amidine groups is 1. The number of nitrogens with two attached hydrogens (primary N) is 1. The summed E-state index contributed by atoms with van der Waals surface area (Å²) in [7, 11) is 2.11. The summed E-state index contributed by atoms with van der Waals surface area (Å²) in [5.74, 6) is 0.717. The number of rotatable bonds is 3. The summed E-state index contributed by atoms with van der Waals surface area (Å²) in [6, 6.07) is 5.48. The SMILES string of the molecule is CN1CCC(Oc2cc(Br)ccc2/C(N)=N/O)CC1. The van der Waals surface area contributed by atoms with E-state index >= 15 is 0 Å². The van der Waals surface area contributed by atoms with E-state index in [0.717, 1.165) is 30.4 Å². The minimum atomic E-state index is 0.0652. The predicted octanol–water partition coefficient (Wildman–Crippen LogP) is 2.02. The molecule has 1 aromatic carbocycles. The first-order chi connectivity index (χ1) is 9.10. The van der Waals surface area contributed by atoms with Crippen LogP contribution < -0.4 is 10.5 Å². The van der Waals surface area contributed by atoms with Crippen LogP contribution in [-0.4, -0.2) is 42.2 Å². The van der Waals surface area contributed by atoms with Crippen molar-refractivity contribution in [2.75, 3.05) is 20.1 Å². The zero-order valence-corrected chi connectivity index (χ0v) is 12.4. The van der Waals surface area contributed by atoms with Gasteiger partial charge in [0.15, 0.2) is 5.84 Å². The third-order valence-electron chi connectivity index (χ3n) is 3.29. The topological polar surface area (TPSA) is 71.1 Å². The molecule has 1 aliphatic rings. The highest BCUT2D eigenvalue weighted by Crippen LogP contribution is 2.26. The molecule has 0 atom stereocenters. The lowest BCUT2D eigenvalue weighted by molar-refractivity contribution is 0.114. The predicted molar refractivity (Wildman–Crippen MR) is 77.8 cm³/mol. The molecule has 0 unspecified atom stereocenters. The van der Waals surface area contributed by atoms with Crippen LogP contribution in [-0.2, 0) is 0 Å². The van der Waals surface area contributed by atoms with Gasteiger partial charge in [0.05, 0.1) is 5.56 Å². The van der Waals surface area contributed by atoms with E-state index < -0.39 is 0 Å². The van der Waals surface area contributed by atoms with Gasteiger partial charge in [0, 0.05) is 17.6 Å². The van der Waals surface area contributed by atoms with Gasteiger partial charge >= 0.3 is 0 Å². The van der Waals surface area contributed by atoms with Gasteiger partial charge in [-0.1, -0.05) is 21.1 Å². The first kappa shape index (κ1) is 14.1. The number of hydrogen-bond acceptors (Lipinski definition) is 4. The molecule has 2 rings (SSSR count). The van der Waals surface area contributed by atoms with Crippen molar-refractivity contribution in [1.82, 2.24) is 4.90 Å². The van der Waals surface area contributed by atoms with E-state index in [1.54, 1.807) is 6.07 Å². The van der Waals surface area contributed by atoms with Crippen molar-refractivity contribution < 1.29 is 9.94 Å². The highest BCUT2D eigenvalue weighted by Gasteiger charge is 2.20. The van der Waals surface area contributed by atoms with Crippen LogP contribution >= 0.6 is 15.9 Å².